The summed E-state index contributed by atoms with van der Waals surface area (Å²) in [6, 6.07) is 13.0. The smallest absolute Gasteiger partial charge is 0.261 e. The average molecular weight is 394 g/mol. The number of amides is 1. The van der Waals surface area contributed by atoms with Gasteiger partial charge in [0.2, 0.25) is 0 Å². The monoisotopic (exact) mass is 393 g/mol. The molecule has 3 nitrogen and oxygen atoms in total. The molecule has 1 aliphatic rings. The maximum absolute atomic E-state index is 12.9. The zero-order valence-electron chi connectivity index (χ0n) is 18.5. The van der Waals surface area contributed by atoms with E-state index in [-0.39, 0.29) is 11.9 Å². The minimum Gasteiger partial charge on any atom is -0.481 e. The van der Waals surface area contributed by atoms with Gasteiger partial charge in [-0.25, -0.2) is 0 Å². The zero-order valence-corrected chi connectivity index (χ0v) is 18.5. The molecule has 0 unspecified atom stereocenters. The highest BCUT2D eigenvalue weighted by Crippen LogP contribution is 2.29. The molecule has 0 aromatic heterocycles. The van der Waals surface area contributed by atoms with Gasteiger partial charge in [0.05, 0.1) is 6.04 Å². The fourth-order valence-electron chi connectivity index (χ4n) is 4.14. The number of hydrogen-bond acceptors (Lipinski definition) is 2. The van der Waals surface area contributed by atoms with Crippen molar-refractivity contribution in [2.75, 3.05) is 0 Å². The Kier molecular flexibility index (Phi) is 7.00. The van der Waals surface area contributed by atoms with Crippen molar-refractivity contribution in [3.63, 3.8) is 0 Å². The summed E-state index contributed by atoms with van der Waals surface area (Å²) in [4.78, 5) is 12.9. The lowest BCUT2D eigenvalue weighted by Crippen LogP contribution is -2.38. The third-order valence-electron chi connectivity index (χ3n) is 5.96. The van der Waals surface area contributed by atoms with Crippen LogP contribution in [0.1, 0.15) is 86.7 Å². The van der Waals surface area contributed by atoms with Gasteiger partial charge in [0, 0.05) is 0 Å². The maximum atomic E-state index is 12.9. The van der Waals surface area contributed by atoms with E-state index in [0.717, 1.165) is 29.7 Å². The molecule has 0 fully saturated rings. The molecule has 2 aromatic carbocycles. The quantitative estimate of drug-likeness (QED) is 0.623. The van der Waals surface area contributed by atoms with Crippen molar-refractivity contribution in [1.29, 1.82) is 0 Å². The van der Waals surface area contributed by atoms with Gasteiger partial charge in [-0.2, -0.15) is 0 Å². The van der Waals surface area contributed by atoms with Gasteiger partial charge < -0.3 is 10.1 Å². The molecule has 3 heteroatoms. The summed E-state index contributed by atoms with van der Waals surface area (Å²) >= 11 is 0. The van der Waals surface area contributed by atoms with E-state index in [1.54, 1.807) is 0 Å². The second kappa shape index (κ2) is 9.47. The van der Waals surface area contributed by atoms with Gasteiger partial charge in [0.15, 0.2) is 6.10 Å². The first kappa shape index (κ1) is 21.4. The molecule has 1 aliphatic carbocycles. The summed E-state index contributed by atoms with van der Waals surface area (Å²) in [6.07, 6.45) is 5.20. The Balaban J connectivity index is 1.71. The Bertz CT molecular complexity index is 856. The predicted octanol–water partition coefficient (Wildman–Crippen LogP) is 6.03. The summed E-state index contributed by atoms with van der Waals surface area (Å²) in [6.45, 7) is 10.3. The number of nitrogens with one attached hydrogen (secondary N) is 1. The number of ether oxygens (including phenoxy) is 1. The molecule has 3 rings (SSSR count). The summed E-state index contributed by atoms with van der Waals surface area (Å²) in [5.41, 5.74) is 6.40. The van der Waals surface area contributed by atoms with E-state index < -0.39 is 6.10 Å². The van der Waals surface area contributed by atoms with E-state index in [1.807, 2.05) is 19.9 Å². The standard InChI is InChI=1S/C26H35NO2/c1-6-24(22-13-12-20-9-7-8-10-21(20)16-22)27-26(28)19(5)29-25-15-18(4)11-14-23(25)17(2)3/h11-17,19,24H,6-10H2,1-5H3,(H,27,28)/t19-,24-/m0/s1. The highest BCUT2D eigenvalue weighted by molar-refractivity contribution is 5.81. The van der Waals surface area contributed by atoms with Crippen LogP contribution < -0.4 is 10.1 Å². The van der Waals surface area contributed by atoms with E-state index in [2.05, 4.69) is 56.4 Å². The van der Waals surface area contributed by atoms with Crippen molar-refractivity contribution >= 4 is 5.91 Å². The number of aryl methyl sites for hydroxylation is 3. The minimum atomic E-state index is -0.541. The number of carbonyl (C=O) groups is 1. The first-order valence-electron chi connectivity index (χ1n) is 11.1. The van der Waals surface area contributed by atoms with Crippen LogP contribution in [-0.4, -0.2) is 12.0 Å². The lowest BCUT2D eigenvalue weighted by atomic mass is 9.89. The summed E-state index contributed by atoms with van der Waals surface area (Å²) in [7, 11) is 0. The van der Waals surface area contributed by atoms with E-state index in [4.69, 9.17) is 4.74 Å². The Morgan fingerprint density at radius 3 is 2.45 bits per heavy atom. The van der Waals surface area contributed by atoms with Crippen LogP contribution in [0.3, 0.4) is 0 Å². The molecule has 0 heterocycles. The van der Waals surface area contributed by atoms with Gasteiger partial charge in [-0.1, -0.05) is 51.1 Å². The fraction of sp³-hybridized carbons (Fsp3) is 0.500. The normalized spacial score (nSPS) is 15.5. The lowest BCUT2D eigenvalue weighted by Gasteiger charge is -2.24. The lowest BCUT2D eigenvalue weighted by molar-refractivity contribution is -0.128. The molecule has 156 valence electrons. The summed E-state index contributed by atoms with van der Waals surface area (Å²) < 4.78 is 6.11. The Morgan fingerprint density at radius 1 is 1.03 bits per heavy atom. The molecular formula is C26H35NO2. The topological polar surface area (TPSA) is 38.3 Å². The van der Waals surface area contributed by atoms with Crippen LogP contribution in [0.25, 0.3) is 0 Å². The molecule has 29 heavy (non-hydrogen) atoms. The van der Waals surface area contributed by atoms with E-state index in [9.17, 15) is 4.79 Å². The molecule has 0 saturated carbocycles. The summed E-state index contributed by atoms with van der Waals surface area (Å²) in [5.74, 6) is 1.09. The van der Waals surface area contributed by atoms with Crippen LogP contribution in [0, 0.1) is 6.92 Å². The van der Waals surface area contributed by atoms with E-state index >= 15 is 0 Å². The molecule has 2 atom stereocenters. The van der Waals surface area contributed by atoms with Crippen LogP contribution in [-0.2, 0) is 17.6 Å². The first-order chi connectivity index (χ1) is 13.9. The van der Waals surface area contributed by atoms with Crippen LogP contribution in [0.5, 0.6) is 5.75 Å². The largest absolute Gasteiger partial charge is 0.481 e. The third-order valence-corrected chi connectivity index (χ3v) is 5.96. The number of hydrogen-bond donors (Lipinski definition) is 1. The minimum absolute atomic E-state index is 0.0165. The van der Waals surface area contributed by atoms with Crippen LogP contribution >= 0.6 is 0 Å². The number of carbonyl (C=O) groups excluding carboxylic acids is 1. The second-order valence-corrected chi connectivity index (χ2v) is 8.66. The molecule has 0 saturated heterocycles. The van der Waals surface area contributed by atoms with Gasteiger partial charge in [0.25, 0.3) is 5.91 Å². The Hall–Kier alpha value is -2.29. The molecule has 0 spiro atoms. The number of benzene rings is 2. The molecule has 2 aromatic rings. The van der Waals surface area contributed by atoms with Gasteiger partial charge >= 0.3 is 0 Å². The molecule has 0 bridgehead atoms. The maximum Gasteiger partial charge on any atom is 0.261 e. The second-order valence-electron chi connectivity index (χ2n) is 8.66. The predicted molar refractivity (Wildman–Crippen MR) is 120 cm³/mol. The molecule has 0 aliphatic heterocycles. The van der Waals surface area contributed by atoms with Crippen molar-refractivity contribution in [1.82, 2.24) is 5.32 Å². The van der Waals surface area contributed by atoms with E-state index in [1.165, 1.54) is 36.0 Å². The fourth-order valence-corrected chi connectivity index (χ4v) is 4.14. The van der Waals surface area contributed by atoms with Crippen molar-refractivity contribution in [3.8, 4) is 5.75 Å². The van der Waals surface area contributed by atoms with Crippen molar-refractivity contribution in [2.45, 2.75) is 84.8 Å². The third kappa shape index (κ3) is 5.20. The number of rotatable bonds is 7. The van der Waals surface area contributed by atoms with Gasteiger partial charge in [-0.15, -0.1) is 0 Å². The van der Waals surface area contributed by atoms with Gasteiger partial charge in [-0.05, 0) is 85.8 Å². The van der Waals surface area contributed by atoms with Crippen molar-refractivity contribution < 1.29 is 9.53 Å². The van der Waals surface area contributed by atoms with Crippen LogP contribution in [0.15, 0.2) is 36.4 Å². The zero-order chi connectivity index (χ0) is 21.0. The van der Waals surface area contributed by atoms with Crippen LogP contribution in [0.2, 0.25) is 0 Å². The average Bonchev–Trinajstić information content (AvgIpc) is 2.71. The Morgan fingerprint density at radius 2 is 1.76 bits per heavy atom. The van der Waals surface area contributed by atoms with Gasteiger partial charge in [0.1, 0.15) is 5.75 Å². The molecule has 0 radical (unpaired) electrons. The Labute approximate surface area is 175 Å². The van der Waals surface area contributed by atoms with Gasteiger partial charge in [-0.3, -0.25) is 4.79 Å². The highest BCUT2D eigenvalue weighted by atomic mass is 16.5. The first-order valence-corrected chi connectivity index (χ1v) is 11.1. The van der Waals surface area contributed by atoms with Crippen LogP contribution in [0.4, 0.5) is 0 Å². The molecule has 1 amide bonds. The number of fused-ring (bicyclic) bond motifs is 1. The molecular weight excluding hydrogens is 358 g/mol. The van der Waals surface area contributed by atoms with E-state index in [0.29, 0.717) is 5.92 Å². The highest BCUT2D eigenvalue weighted by Gasteiger charge is 2.22. The summed E-state index contributed by atoms with van der Waals surface area (Å²) in [5, 5.41) is 3.21. The van der Waals surface area contributed by atoms with Crippen molar-refractivity contribution in [3.05, 3.63) is 64.2 Å². The SMILES string of the molecule is CC[C@H](NC(=O)[C@H](C)Oc1cc(C)ccc1C(C)C)c1ccc2c(c1)CCCC2. The molecule has 1 N–H and O–H groups in total. The van der Waals surface area contributed by atoms with Crippen molar-refractivity contribution in [2.24, 2.45) is 0 Å².